The maximum absolute atomic E-state index is 3.40. The minimum Gasteiger partial charge on any atom is -0.314 e. The minimum atomic E-state index is 0.847. The molecule has 1 heterocycles. The Balaban J connectivity index is 1.85. The molecule has 0 aromatic carbocycles. The second-order valence-electron chi connectivity index (χ2n) is 3.39. The molecule has 1 aliphatic heterocycles. The zero-order valence-electron chi connectivity index (χ0n) is 7.06. The van der Waals surface area contributed by atoms with Gasteiger partial charge in [0.05, 0.1) is 0 Å². The van der Waals surface area contributed by atoms with Crippen LogP contribution in [0.5, 0.6) is 0 Å². The maximum Gasteiger partial charge on any atom is 0.00796 e. The van der Waals surface area contributed by atoms with Crippen LogP contribution in [0.1, 0.15) is 19.3 Å². The molecule has 0 aliphatic carbocycles. The van der Waals surface area contributed by atoms with Gasteiger partial charge in [-0.3, -0.25) is 0 Å². The Morgan fingerprint density at radius 2 is 2.20 bits per heavy atom. The van der Waals surface area contributed by atoms with Gasteiger partial charge in [0.15, 0.2) is 0 Å². The molecule has 0 aromatic heterocycles. The molecule has 10 heavy (non-hydrogen) atoms. The molecule has 0 radical (unpaired) electrons. The number of hydrogen-bond donors (Lipinski definition) is 1. The van der Waals surface area contributed by atoms with Crippen molar-refractivity contribution in [2.75, 3.05) is 27.2 Å². The van der Waals surface area contributed by atoms with Crippen molar-refractivity contribution in [3.05, 3.63) is 0 Å². The van der Waals surface area contributed by atoms with Crippen molar-refractivity contribution in [2.24, 2.45) is 0 Å². The number of nitrogens with one attached hydrogen (secondary N) is 1. The highest BCUT2D eigenvalue weighted by Gasteiger charge is 2.14. The topological polar surface area (TPSA) is 15.3 Å². The summed E-state index contributed by atoms with van der Waals surface area (Å²) in [5.74, 6) is 0. The summed E-state index contributed by atoms with van der Waals surface area (Å²) in [6.07, 6.45) is 4.09. The molecule has 1 aliphatic rings. The Labute approximate surface area is 63.6 Å². The molecular weight excluding hydrogens is 124 g/mol. The molecule has 1 saturated heterocycles. The third kappa shape index (κ3) is 2.67. The fourth-order valence-electron chi connectivity index (χ4n) is 1.25. The standard InChI is InChI=1S/C8H18N2/c1-10(2)7-3-4-8-5-6-9-8/h8-9H,3-7H2,1-2H3. The highest BCUT2D eigenvalue weighted by molar-refractivity contribution is 4.76. The lowest BCUT2D eigenvalue weighted by Gasteiger charge is -2.27. The summed E-state index contributed by atoms with van der Waals surface area (Å²) >= 11 is 0. The van der Waals surface area contributed by atoms with Gasteiger partial charge in [-0.05, 0) is 46.4 Å². The predicted octanol–water partition coefficient (Wildman–Crippen LogP) is 0.690. The summed E-state index contributed by atoms with van der Waals surface area (Å²) in [7, 11) is 4.27. The van der Waals surface area contributed by atoms with E-state index in [0.29, 0.717) is 0 Å². The van der Waals surface area contributed by atoms with Crippen molar-refractivity contribution in [1.82, 2.24) is 10.2 Å². The molecule has 0 spiro atoms. The van der Waals surface area contributed by atoms with Crippen LogP contribution in [0.25, 0.3) is 0 Å². The lowest BCUT2D eigenvalue weighted by Crippen LogP contribution is -2.42. The van der Waals surface area contributed by atoms with Crippen molar-refractivity contribution < 1.29 is 0 Å². The molecule has 1 rings (SSSR count). The lowest BCUT2D eigenvalue weighted by atomic mass is 10.0. The largest absolute Gasteiger partial charge is 0.314 e. The van der Waals surface area contributed by atoms with Crippen molar-refractivity contribution in [2.45, 2.75) is 25.3 Å². The van der Waals surface area contributed by atoms with Crippen LogP contribution in [0.15, 0.2) is 0 Å². The van der Waals surface area contributed by atoms with Crippen LogP contribution in [-0.4, -0.2) is 38.1 Å². The lowest BCUT2D eigenvalue weighted by molar-refractivity contribution is 0.316. The molecule has 1 unspecified atom stereocenters. The van der Waals surface area contributed by atoms with E-state index in [1.54, 1.807) is 0 Å². The van der Waals surface area contributed by atoms with E-state index in [1.807, 2.05) is 0 Å². The normalized spacial score (nSPS) is 24.9. The number of rotatable bonds is 4. The molecule has 0 saturated carbocycles. The average Bonchev–Trinajstić information content (AvgIpc) is 1.75. The molecular formula is C8H18N2. The van der Waals surface area contributed by atoms with Crippen LogP contribution in [0, 0.1) is 0 Å². The molecule has 1 N–H and O–H groups in total. The van der Waals surface area contributed by atoms with E-state index in [4.69, 9.17) is 0 Å². The fraction of sp³-hybridized carbons (Fsp3) is 1.00. The van der Waals surface area contributed by atoms with E-state index in [9.17, 15) is 0 Å². The van der Waals surface area contributed by atoms with E-state index < -0.39 is 0 Å². The monoisotopic (exact) mass is 142 g/mol. The summed E-state index contributed by atoms with van der Waals surface area (Å²) in [4.78, 5) is 2.25. The quantitative estimate of drug-likeness (QED) is 0.621. The first-order chi connectivity index (χ1) is 4.79. The Kier molecular flexibility index (Phi) is 3.16. The van der Waals surface area contributed by atoms with Crippen molar-refractivity contribution in [3.63, 3.8) is 0 Å². The van der Waals surface area contributed by atoms with Crippen molar-refractivity contribution in [3.8, 4) is 0 Å². The molecule has 60 valence electrons. The average molecular weight is 142 g/mol. The molecule has 0 amide bonds. The van der Waals surface area contributed by atoms with Crippen LogP contribution in [0.3, 0.4) is 0 Å². The zero-order valence-corrected chi connectivity index (χ0v) is 7.06. The second kappa shape index (κ2) is 3.94. The maximum atomic E-state index is 3.40. The summed E-state index contributed by atoms with van der Waals surface area (Å²) in [6.45, 7) is 2.48. The molecule has 2 heteroatoms. The summed E-state index contributed by atoms with van der Waals surface area (Å²) in [5.41, 5.74) is 0. The van der Waals surface area contributed by atoms with Crippen LogP contribution >= 0.6 is 0 Å². The van der Waals surface area contributed by atoms with Gasteiger partial charge in [0, 0.05) is 6.04 Å². The third-order valence-electron chi connectivity index (χ3n) is 2.08. The van der Waals surface area contributed by atoms with E-state index in [1.165, 1.54) is 32.4 Å². The van der Waals surface area contributed by atoms with Crippen molar-refractivity contribution in [1.29, 1.82) is 0 Å². The van der Waals surface area contributed by atoms with Gasteiger partial charge in [-0.1, -0.05) is 0 Å². The number of hydrogen-bond acceptors (Lipinski definition) is 2. The van der Waals surface area contributed by atoms with Crippen molar-refractivity contribution >= 4 is 0 Å². The van der Waals surface area contributed by atoms with Gasteiger partial charge < -0.3 is 10.2 Å². The Hall–Kier alpha value is -0.0800. The van der Waals surface area contributed by atoms with Gasteiger partial charge in [0.1, 0.15) is 0 Å². The smallest absolute Gasteiger partial charge is 0.00796 e. The van der Waals surface area contributed by atoms with Crippen LogP contribution in [0.4, 0.5) is 0 Å². The SMILES string of the molecule is CN(C)CCCC1CCN1. The third-order valence-corrected chi connectivity index (χ3v) is 2.08. The zero-order chi connectivity index (χ0) is 7.40. The first-order valence-corrected chi connectivity index (χ1v) is 4.17. The Morgan fingerprint density at radius 3 is 2.60 bits per heavy atom. The summed E-state index contributed by atoms with van der Waals surface area (Å²) in [6, 6.07) is 0.847. The first-order valence-electron chi connectivity index (χ1n) is 4.17. The van der Waals surface area contributed by atoms with Crippen LogP contribution in [0.2, 0.25) is 0 Å². The van der Waals surface area contributed by atoms with Gasteiger partial charge in [-0.25, -0.2) is 0 Å². The summed E-state index contributed by atoms with van der Waals surface area (Å²) < 4.78 is 0. The van der Waals surface area contributed by atoms with Gasteiger partial charge >= 0.3 is 0 Å². The van der Waals surface area contributed by atoms with Gasteiger partial charge in [-0.15, -0.1) is 0 Å². The van der Waals surface area contributed by atoms with Crippen LogP contribution in [-0.2, 0) is 0 Å². The highest BCUT2D eigenvalue weighted by atomic mass is 15.0. The fourth-order valence-corrected chi connectivity index (χ4v) is 1.25. The minimum absolute atomic E-state index is 0.847. The Bertz CT molecular complexity index is 87.3. The molecule has 0 bridgehead atoms. The molecule has 0 aromatic rings. The van der Waals surface area contributed by atoms with Crippen LogP contribution < -0.4 is 5.32 Å². The van der Waals surface area contributed by atoms with Gasteiger partial charge in [0.25, 0.3) is 0 Å². The Morgan fingerprint density at radius 1 is 1.50 bits per heavy atom. The highest BCUT2D eigenvalue weighted by Crippen LogP contribution is 2.08. The second-order valence-corrected chi connectivity index (χ2v) is 3.39. The van der Waals surface area contributed by atoms with E-state index in [-0.39, 0.29) is 0 Å². The van der Waals surface area contributed by atoms with Gasteiger partial charge in [0.2, 0.25) is 0 Å². The molecule has 1 fully saturated rings. The summed E-state index contributed by atoms with van der Waals surface area (Å²) in [5, 5.41) is 3.40. The molecule has 1 atom stereocenters. The van der Waals surface area contributed by atoms with E-state index >= 15 is 0 Å². The molecule has 2 nitrogen and oxygen atoms in total. The van der Waals surface area contributed by atoms with Gasteiger partial charge in [-0.2, -0.15) is 0 Å². The predicted molar refractivity (Wildman–Crippen MR) is 44.2 cm³/mol. The van der Waals surface area contributed by atoms with E-state index in [2.05, 4.69) is 24.3 Å². The van der Waals surface area contributed by atoms with E-state index in [0.717, 1.165) is 6.04 Å². The number of nitrogens with zero attached hydrogens (tertiary/aromatic N) is 1. The first kappa shape index (κ1) is 8.02.